The molecule has 1 aliphatic carbocycles. The number of nitrogens with two attached hydrogens (primary N) is 1. The topological polar surface area (TPSA) is 58.4 Å². The third kappa shape index (κ3) is 2.42. The van der Waals surface area contributed by atoms with Crippen molar-refractivity contribution >= 4 is 5.91 Å². The molecule has 0 saturated heterocycles. The zero-order valence-electron chi connectivity index (χ0n) is 8.58. The molecule has 0 aliphatic heterocycles. The number of nitrogens with one attached hydrogen (secondary N) is 1. The molecule has 0 spiro atoms. The fraction of sp³-hybridized carbons (Fsp3) is 0.889. The van der Waals surface area contributed by atoms with Gasteiger partial charge in [-0.3, -0.25) is 15.1 Å². The van der Waals surface area contributed by atoms with Gasteiger partial charge >= 0.3 is 0 Å². The molecule has 1 unspecified atom stereocenters. The van der Waals surface area contributed by atoms with Crippen LogP contribution in [0.15, 0.2) is 0 Å². The van der Waals surface area contributed by atoms with E-state index in [0.717, 1.165) is 0 Å². The first-order valence-electron chi connectivity index (χ1n) is 4.80. The van der Waals surface area contributed by atoms with Crippen LogP contribution in [0, 0.1) is 5.92 Å². The first-order chi connectivity index (χ1) is 6.07. The van der Waals surface area contributed by atoms with Crippen LogP contribution in [0.5, 0.6) is 0 Å². The smallest absolute Gasteiger partial charge is 0.251 e. The number of carbonyl (C=O) groups excluding carboxylic acids is 1. The van der Waals surface area contributed by atoms with E-state index in [1.54, 1.807) is 0 Å². The Kier molecular flexibility index (Phi) is 3.27. The second kappa shape index (κ2) is 4.07. The number of hydrogen-bond donors (Lipinski definition) is 2. The van der Waals surface area contributed by atoms with Crippen LogP contribution in [-0.4, -0.2) is 29.9 Å². The maximum atomic E-state index is 11.4. The average Bonchev–Trinajstić information content (AvgIpc) is 2.85. The van der Waals surface area contributed by atoms with E-state index in [0.29, 0.717) is 12.0 Å². The summed E-state index contributed by atoms with van der Waals surface area (Å²) in [5.74, 6) is 5.36. The highest BCUT2D eigenvalue weighted by atomic mass is 16.2. The summed E-state index contributed by atoms with van der Waals surface area (Å²) >= 11 is 0. The maximum absolute atomic E-state index is 11.4. The van der Waals surface area contributed by atoms with Crippen LogP contribution in [0.25, 0.3) is 0 Å². The third-order valence-electron chi connectivity index (χ3n) is 2.60. The Bertz CT molecular complexity index is 189. The summed E-state index contributed by atoms with van der Waals surface area (Å²) in [6, 6.07) is 0.502. The van der Waals surface area contributed by atoms with Gasteiger partial charge in [0, 0.05) is 6.04 Å². The minimum absolute atomic E-state index is 0.0793. The molecule has 1 amide bonds. The van der Waals surface area contributed by atoms with Gasteiger partial charge in [0.25, 0.3) is 5.91 Å². The lowest BCUT2D eigenvalue weighted by molar-refractivity contribution is -0.127. The highest BCUT2D eigenvalue weighted by Gasteiger charge is 2.35. The summed E-state index contributed by atoms with van der Waals surface area (Å²) in [7, 11) is 2.00. The Morgan fingerprint density at radius 3 is 2.38 bits per heavy atom. The summed E-state index contributed by atoms with van der Waals surface area (Å²) in [5, 5.41) is 0. The highest BCUT2D eigenvalue weighted by Crippen LogP contribution is 2.28. The van der Waals surface area contributed by atoms with E-state index in [1.165, 1.54) is 12.8 Å². The Morgan fingerprint density at radius 2 is 2.08 bits per heavy atom. The second-order valence-corrected chi connectivity index (χ2v) is 4.09. The van der Waals surface area contributed by atoms with Crippen LogP contribution in [0.3, 0.4) is 0 Å². The fourth-order valence-electron chi connectivity index (χ4n) is 1.75. The van der Waals surface area contributed by atoms with Crippen LogP contribution >= 0.6 is 0 Å². The summed E-state index contributed by atoms with van der Waals surface area (Å²) in [6.45, 7) is 4.08. The van der Waals surface area contributed by atoms with Crippen molar-refractivity contribution in [1.29, 1.82) is 0 Å². The quantitative estimate of drug-likeness (QED) is 0.371. The van der Waals surface area contributed by atoms with Gasteiger partial charge in [0.15, 0.2) is 0 Å². The number of amides is 1. The van der Waals surface area contributed by atoms with Crippen molar-refractivity contribution in [2.75, 3.05) is 7.05 Å². The standard InChI is InChI=1S/C9H19N3O/c1-6(2)8(9(13)11-10)12(3)7-4-5-7/h6-8H,4-5,10H2,1-3H3,(H,11,13). The van der Waals surface area contributed by atoms with Gasteiger partial charge in [-0.1, -0.05) is 13.8 Å². The summed E-state index contributed by atoms with van der Waals surface area (Å²) in [4.78, 5) is 13.6. The Labute approximate surface area is 79.4 Å². The molecule has 13 heavy (non-hydrogen) atoms. The molecular formula is C9H19N3O. The van der Waals surface area contributed by atoms with E-state index in [9.17, 15) is 4.79 Å². The Balaban J connectivity index is 2.59. The molecule has 4 nitrogen and oxygen atoms in total. The molecule has 1 rings (SSSR count). The van der Waals surface area contributed by atoms with Crippen LogP contribution in [0.4, 0.5) is 0 Å². The molecule has 0 radical (unpaired) electrons. The van der Waals surface area contributed by atoms with Gasteiger partial charge in [-0.2, -0.15) is 0 Å². The van der Waals surface area contributed by atoms with E-state index in [-0.39, 0.29) is 11.9 Å². The van der Waals surface area contributed by atoms with Gasteiger partial charge in [0.05, 0.1) is 6.04 Å². The van der Waals surface area contributed by atoms with Gasteiger partial charge in [-0.05, 0) is 25.8 Å². The molecule has 1 saturated carbocycles. The lowest BCUT2D eigenvalue weighted by Crippen LogP contribution is -2.51. The van der Waals surface area contributed by atoms with Crippen molar-refractivity contribution in [3.8, 4) is 0 Å². The van der Waals surface area contributed by atoms with Crippen molar-refractivity contribution in [3.05, 3.63) is 0 Å². The number of nitrogens with zero attached hydrogens (tertiary/aromatic N) is 1. The van der Waals surface area contributed by atoms with Crippen molar-refractivity contribution in [3.63, 3.8) is 0 Å². The highest BCUT2D eigenvalue weighted by molar-refractivity contribution is 5.81. The van der Waals surface area contributed by atoms with Crippen LogP contribution in [0.1, 0.15) is 26.7 Å². The average molecular weight is 185 g/mol. The molecule has 4 heteroatoms. The number of likely N-dealkylation sites (N-methyl/N-ethyl adjacent to an activating group) is 1. The molecular weight excluding hydrogens is 166 g/mol. The lowest BCUT2D eigenvalue weighted by atomic mass is 10.0. The SMILES string of the molecule is CC(C)C(C(=O)NN)N(C)C1CC1. The Morgan fingerprint density at radius 1 is 1.54 bits per heavy atom. The summed E-state index contributed by atoms with van der Waals surface area (Å²) < 4.78 is 0. The molecule has 0 heterocycles. The van der Waals surface area contributed by atoms with Gasteiger partial charge in [-0.15, -0.1) is 0 Å². The molecule has 0 aromatic rings. The number of carbonyl (C=O) groups is 1. The van der Waals surface area contributed by atoms with Gasteiger partial charge in [0.1, 0.15) is 0 Å². The largest absolute Gasteiger partial charge is 0.293 e. The first kappa shape index (κ1) is 10.5. The van der Waals surface area contributed by atoms with E-state index in [2.05, 4.69) is 10.3 Å². The zero-order valence-corrected chi connectivity index (χ0v) is 8.58. The van der Waals surface area contributed by atoms with Crippen molar-refractivity contribution in [1.82, 2.24) is 10.3 Å². The molecule has 0 aromatic heterocycles. The molecule has 3 N–H and O–H groups in total. The van der Waals surface area contributed by atoms with Crippen molar-refractivity contribution < 1.29 is 4.79 Å². The zero-order chi connectivity index (χ0) is 10.0. The predicted octanol–water partition coefficient (Wildman–Crippen LogP) is 0.0951. The monoisotopic (exact) mass is 185 g/mol. The maximum Gasteiger partial charge on any atom is 0.251 e. The second-order valence-electron chi connectivity index (χ2n) is 4.09. The molecule has 1 fully saturated rings. The van der Waals surface area contributed by atoms with Gasteiger partial charge < -0.3 is 0 Å². The van der Waals surface area contributed by atoms with Crippen LogP contribution in [0.2, 0.25) is 0 Å². The van der Waals surface area contributed by atoms with E-state index in [1.807, 2.05) is 20.9 Å². The predicted molar refractivity (Wildman–Crippen MR) is 51.7 cm³/mol. The number of hydrogen-bond acceptors (Lipinski definition) is 3. The molecule has 76 valence electrons. The molecule has 1 aliphatic rings. The lowest BCUT2D eigenvalue weighted by Gasteiger charge is -2.29. The van der Waals surface area contributed by atoms with Crippen LogP contribution in [-0.2, 0) is 4.79 Å². The number of rotatable bonds is 4. The third-order valence-corrected chi connectivity index (χ3v) is 2.60. The van der Waals surface area contributed by atoms with Crippen molar-refractivity contribution in [2.24, 2.45) is 11.8 Å². The van der Waals surface area contributed by atoms with Gasteiger partial charge in [-0.25, -0.2) is 5.84 Å². The minimum Gasteiger partial charge on any atom is -0.293 e. The van der Waals surface area contributed by atoms with Gasteiger partial charge in [0.2, 0.25) is 0 Å². The van der Waals surface area contributed by atoms with Crippen LogP contribution < -0.4 is 11.3 Å². The summed E-state index contributed by atoms with van der Waals surface area (Å²) in [6.07, 6.45) is 2.41. The van der Waals surface area contributed by atoms with E-state index < -0.39 is 0 Å². The normalized spacial score (nSPS) is 19.2. The van der Waals surface area contributed by atoms with E-state index >= 15 is 0 Å². The van der Waals surface area contributed by atoms with E-state index in [4.69, 9.17) is 5.84 Å². The minimum atomic E-state index is -0.0856. The number of hydrazine groups is 1. The first-order valence-corrected chi connectivity index (χ1v) is 4.80. The van der Waals surface area contributed by atoms with Crippen molar-refractivity contribution in [2.45, 2.75) is 38.8 Å². The Hall–Kier alpha value is -0.610. The molecule has 0 aromatic carbocycles. The summed E-state index contributed by atoms with van der Waals surface area (Å²) in [5.41, 5.74) is 2.23. The molecule has 1 atom stereocenters. The molecule has 0 bridgehead atoms. The fourth-order valence-corrected chi connectivity index (χ4v) is 1.75.